The van der Waals surface area contributed by atoms with E-state index in [0.29, 0.717) is 0 Å². The number of aliphatic hydroxyl groups excluding tert-OH is 3. The molecule has 3 amide bonds. The number of carbonyl (C=O) groups excluding carboxylic acids is 3. The number of carboxylic acids is 1. The molecular weight excluding hydrogens is 420 g/mol. The largest absolute Gasteiger partial charge is 0.481 e. The molecule has 1 fully saturated rings. The van der Waals surface area contributed by atoms with Gasteiger partial charge >= 0.3 is 5.97 Å². The number of rotatable bonds is 11. The summed E-state index contributed by atoms with van der Waals surface area (Å²) in [6.45, 7) is 2.08. The Balaban J connectivity index is 2.66. The second kappa shape index (κ2) is 11.9. The number of ether oxygens (including phenoxy) is 2. The number of nitrogens with one attached hydrogen (secondary N) is 2. The third-order valence-corrected chi connectivity index (χ3v) is 4.79. The molecule has 1 aliphatic rings. The molecule has 14 nitrogen and oxygen atoms in total. The topological polar surface area (TPSA) is 245 Å². The molecular formula is C17H31N4O10+. The Bertz CT molecular complexity index is 663. The average Bonchev–Trinajstić information content (AvgIpc) is 2.69. The number of carboxylic acid groups (broad SMARTS) is 1. The fourth-order valence-electron chi connectivity index (χ4n) is 2.86. The second-order valence-electron chi connectivity index (χ2n) is 7.27. The van der Waals surface area contributed by atoms with Crippen molar-refractivity contribution in [2.45, 2.75) is 75.5 Å². The maximum absolute atomic E-state index is 12.4. The van der Waals surface area contributed by atoms with Gasteiger partial charge in [-0.15, -0.1) is 0 Å². The van der Waals surface area contributed by atoms with E-state index >= 15 is 0 Å². The fourth-order valence-corrected chi connectivity index (χ4v) is 2.86. The molecule has 0 aliphatic carbocycles. The van der Waals surface area contributed by atoms with Crippen LogP contribution in [0.2, 0.25) is 0 Å². The average molecular weight is 451 g/mol. The van der Waals surface area contributed by atoms with Crippen molar-refractivity contribution in [3.8, 4) is 0 Å². The van der Waals surface area contributed by atoms with Crippen LogP contribution in [0.15, 0.2) is 0 Å². The molecule has 2 unspecified atom stereocenters. The van der Waals surface area contributed by atoms with E-state index in [0.717, 1.165) is 0 Å². The number of primary amides is 1. The van der Waals surface area contributed by atoms with E-state index in [1.165, 1.54) is 13.8 Å². The molecule has 0 spiro atoms. The van der Waals surface area contributed by atoms with Crippen LogP contribution in [0, 0.1) is 0 Å². The Morgan fingerprint density at radius 3 is 2.29 bits per heavy atom. The number of nitrogens with two attached hydrogens (primary N) is 1. The summed E-state index contributed by atoms with van der Waals surface area (Å²) in [6.07, 6.45) is -6.85. The second-order valence-corrected chi connectivity index (χ2v) is 7.27. The molecule has 31 heavy (non-hydrogen) atoms. The molecule has 0 radical (unpaired) electrons. The number of hydrogen-bond acceptors (Lipinski definition) is 9. The third-order valence-electron chi connectivity index (χ3n) is 4.79. The van der Waals surface area contributed by atoms with Gasteiger partial charge in [-0.05, 0) is 20.3 Å². The number of aliphatic hydroxyl groups is 3. The molecule has 0 aromatic rings. The highest BCUT2D eigenvalue weighted by Gasteiger charge is 2.47. The normalized spacial score (nSPS) is 28.8. The summed E-state index contributed by atoms with van der Waals surface area (Å²) in [5, 5.41) is 42.6. The minimum absolute atomic E-state index is 0.211. The van der Waals surface area contributed by atoms with E-state index in [1.807, 2.05) is 0 Å². The van der Waals surface area contributed by atoms with Crippen molar-refractivity contribution in [3.05, 3.63) is 0 Å². The molecule has 0 aromatic carbocycles. The van der Waals surface area contributed by atoms with Crippen LogP contribution in [-0.4, -0.2) is 99.6 Å². The van der Waals surface area contributed by atoms with Crippen molar-refractivity contribution in [2.75, 3.05) is 6.61 Å². The molecule has 178 valence electrons. The van der Waals surface area contributed by atoms with Gasteiger partial charge in [0, 0.05) is 6.42 Å². The molecule has 14 heteroatoms. The van der Waals surface area contributed by atoms with Crippen molar-refractivity contribution in [1.29, 1.82) is 0 Å². The first-order valence-electron chi connectivity index (χ1n) is 9.61. The van der Waals surface area contributed by atoms with E-state index in [4.69, 9.17) is 20.3 Å². The van der Waals surface area contributed by atoms with Gasteiger partial charge in [0.25, 0.3) is 0 Å². The predicted molar refractivity (Wildman–Crippen MR) is 101 cm³/mol. The van der Waals surface area contributed by atoms with Gasteiger partial charge < -0.3 is 52.0 Å². The van der Waals surface area contributed by atoms with Crippen LogP contribution in [0.4, 0.5) is 0 Å². The molecule has 0 bridgehead atoms. The van der Waals surface area contributed by atoms with Crippen LogP contribution in [0.1, 0.15) is 26.7 Å². The smallest absolute Gasteiger partial charge is 0.303 e. The lowest BCUT2D eigenvalue weighted by Crippen LogP contribution is -2.78. The SMILES string of the molecule is C[C@H](NC(=O)[C@@H](C)O[C@H]1C(O)C(CO)O[C@@H](O)[C@H]1[NH3+])C(=O)N[C@H](CCC(=O)O)C(N)=O. The van der Waals surface area contributed by atoms with Gasteiger partial charge in [-0.2, -0.15) is 0 Å². The van der Waals surface area contributed by atoms with Crippen LogP contribution >= 0.6 is 0 Å². The summed E-state index contributed by atoms with van der Waals surface area (Å²) >= 11 is 0. The molecule has 0 aromatic heterocycles. The van der Waals surface area contributed by atoms with Crippen molar-refractivity contribution in [3.63, 3.8) is 0 Å². The zero-order valence-corrected chi connectivity index (χ0v) is 17.3. The summed E-state index contributed by atoms with van der Waals surface area (Å²) in [6, 6.07) is -3.31. The Morgan fingerprint density at radius 1 is 1.16 bits per heavy atom. The summed E-state index contributed by atoms with van der Waals surface area (Å²) in [7, 11) is 0. The van der Waals surface area contributed by atoms with Gasteiger partial charge in [0.2, 0.25) is 24.0 Å². The van der Waals surface area contributed by atoms with E-state index in [-0.39, 0.29) is 12.8 Å². The first-order valence-corrected chi connectivity index (χ1v) is 9.61. The minimum atomic E-state index is -1.43. The van der Waals surface area contributed by atoms with Gasteiger partial charge in [0.1, 0.15) is 36.5 Å². The standard InChI is InChI=1S/C17H30N4O10/c1-6(15(27)21-8(14(19)26)3-4-10(23)24)20-16(28)7(2)30-13-11(18)17(29)31-9(5-22)12(13)25/h6-9,11-13,17,22,25,29H,3-5,18H2,1-2H3,(H2,19,26)(H,20,28)(H,21,27)(H,23,24)/p+1/t6-,7+,8+,9?,11-,12?,13+,17+/m0/s1. The zero-order chi connectivity index (χ0) is 23.9. The highest BCUT2D eigenvalue weighted by atomic mass is 16.6. The Kier molecular flexibility index (Phi) is 10.2. The highest BCUT2D eigenvalue weighted by Crippen LogP contribution is 2.21. The molecule has 11 N–H and O–H groups in total. The quantitative estimate of drug-likeness (QED) is 0.148. The summed E-state index contributed by atoms with van der Waals surface area (Å²) < 4.78 is 10.5. The van der Waals surface area contributed by atoms with Crippen LogP contribution in [0.3, 0.4) is 0 Å². The van der Waals surface area contributed by atoms with Gasteiger partial charge in [0.15, 0.2) is 6.04 Å². The van der Waals surface area contributed by atoms with Crippen LogP contribution in [-0.2, 0) is 28.7 Å². The van der Waals surface area contributed by atoms with Crippen molar-refractivity contribution >= 4 is 23.7 Å². The summed E-state index contributed by atoms with van der Waals surface area (Å²) in [5.41, 5.74) is 8.79. The monoisotopic (exact) mass is 451 g/mol. The molecule has 1 saturated heterocycles. The lowest BCUT2D eigenvalue weighted by atomic mass is 9.97. The van der Waals surface area contributed by atoms with Gasteiger partial charge in [-0.1, -0.05) is 0 Å². The van der Waals surface area contributed by atoms with Gasteiger partial charge in [-0.25, -0.2) is 0 Å². The first kappa shape index (κ1) is 26.7. The minimum Gasteiger partial charge on any atom is -0.481 e. The maximum Gasteiger partial charge on any atom is 0.303 e. The third kappa shape index (κ3) is 7.68. The number of aliphatic carboxylic acids is 1. The fraction of sp³-hybridized carbons (Fsp3) is 0.765. The number of carbonyl (C=O) groups is 4. The lowest BCUT2D eigenvalue weighted by molar-refractivity contribution is -0.501. The van der Waals surface area contributed by atoms with Crippen molar-refractivity contribution < 1.29 is 54.8 Å². The highest BCUT2D eigenvalue weighted by molar-refractivity contribution is 5.92. The lowest BCUT2D eigenvalue weighted by Gasteiger charge is -2.39. The number of quaternary nitrogens is 1. The number of amides is 3. The van der Waals surface area contributed by atoms with Gasteiger partial charge in [-0.3, -0.25) is 19.2 Å². The molecule has 8 atom stereocenters. The first-order chi connectivity index (χ1) is 14.4. The van der Waals surface area contributed by atoms with Crippen LogP contribution < -0.4 is 22.1 Å². The van der Waals surface area contributed by atoms with Crippen LogP contribution in [0.25, 0.3) is 0 Å². The van der Waals surface area contributed by atoms with E-state index in [2.05, 4.69) is 16.4 Å². The van der Waals surface area contributed by atoms with Gasteiger partial charge in [0.05, 0.1) is 6.61 Å². The van der Waals surface area contributed by atoms with Crippen LogP contribution in [0.5, 0.6) is 0 Å². The Labute approximate surface area is 177 Å². The molecule has 1 aliphatic heterocycles. The summed E-state index contributed by atoms with van der Waals surface area (Å²) in [4.78, 5) is 46.6. The van der Waals surface area contributed by atoms with Crippen molar-refractivity contribution in [2.24, 2.45) is 5.73 Å². The maximum atomic E-state index is 12.4. The van der Waals surface area contributed by atoms with E-state index in [9.17, 15) is 34.5 Å². The Morgan fingerprint density at radius 2 is 1.77 bits per heavy atom. The molecule has 1 rings (SSSR count). The van der Waals surface area contributed by atoms with E-state index < -0.39 is 79.1 Å². The molecule has 1 heterocycles. The Hall–Kier alpha value is -2.36. The predicted octanol–water partition coefficient (Wildman–Crippen LogP) is -5.22. The summed E-state index contributed by atoms with van der Waals surface area (Å²) in [5.74, 6) is -3.60. The zero-order valence-electron chi connectivity index (χ0n) is 17.3. The molecule has 0 saturated carbocycles. The van der Waals surface area contributed by atoms with E-state index in [1.54, 1.807) is 0 Å². The van der Waals surface area contributed by atoms with Crippen molar-refractivity contribution in [1.82, 2.24) is 10.6 Å². The number of hydrogen-bond donors (Lipinski definition) is 8.